The molecule has 22 heavy (non-hydrogen) atoms. The average molecular weight is 298 g/mol. The molecule has 4 nitrogen and oxygen atoms in total. The van der Waals surface area contributed by atoms with Crippen molar-refractivity contribution in [2.75, 3.05) is 6.54 Å². The molecule has 1 aromatic heterocycles. The highest BCUT2D eigenvalue weighted by atomic mass is 15.1. The second-order valence-electron chi connectivity index (χ2n) is 6.21. The van der Waals surface area contributed by atoms with Gasteiger partial charge in [0.1, 0.15) is 0 Å². The average Bonchev–Trinajstić information content (AvgIpc) is 2.76. The summed E-state index contributed by atoms with van der Waals surface area (Å²) < 4.78 is 0. The smallest absolute Gasteiger partial charge is 0.188 e. The molecule has 0 bridgehead atoms. The van der Waals surface area contributed by atoms with E-state index in [2.05, 4.69) is 45.8 Å². The molecule has 2 aromatic rings. The van der Waals surface area contributed by atoms with Crippen molar-refractivity contribution in [3.8, 4) is 0 Å². The van der Waals surface area contributed by atoms with Crippen molar-refractivity contribution in [1.29, 1.82) is 0 Å². The summed E-state index contributed by atoms with van der Waals surface area (Å²) in [5, 5.41) is 4.68. The van der Waals surface area contributed by atoms with Gasteiger partial charge in [0.2, 0.25) is 0 Å². The number of aromatic nitrogens is 1. The number of rotatable bonds is 4. The van der Waals surface area contributed by atoms with Crippen LogP contribution in [0.25, 0.3) is 10.9 Å². The Kier molecular flexibility index (Phi) is 4.99. The number of nitrogens with two attached hydrogens (primary N) is 1. The molecular formula is C18H26N4. The van der Waals surface area contributed by atoms with Crippen LogP contribution in [0.4, 0.5) is 0 Å². The quantitative estimate of drug-likeness (QED) is 0.460. The van der Waals surface area contributed by atoms with Crippen LogP contribution < -0.4 is 11.1 Å². The Morgan fingerprint density at radius 3 is 2.77 bits per heavy atom. The highest BCUT2D eigenvalue weighted by Gasteiger charge is 2.12. The Morgan fingerprint density at radius 1 is 1.18 bits per heavy atom. The van der Waals surface area contributed by atoms with Gasteiger partial charge < -0.3 is 16.0 Å². The van der Waals surface area contributed by atoms with Crippen LogP contribution in [-0.4, -0.2) is 23.5 Å². The highest BCUT2D eigenvalue weighted by Crippen LogP contribution is 2.18. The van der Waals surface area contributed by atoms with E-state index in [-0.39, 0.29) is 0 Å². The number of para-hydroxylation sites is 1. The predicted octanol–water partition coefficient (Wildman–Crippen LogP) is 3.34. The van der Waals surface area contributed by atoms with Crippen LogP contribution in [0.5, 0.6) is 0 Å². The summed E-state index contributed by atoms with van der Waals surface area (Å²) in [6.07, 6.45) is 10.8. The maximum absolute atomic E-state index is 6.04. The fourth-order valence-corrected chi connectivity index (χ4v) is 3.31. The number of H-pyrrole nitrogens is 1. The Bertz CT molecular complexity index is 621. The van der Waals surface area contributed by atoms with Crippen molar-refractivity contribution >= 4 is 16.9 Å². The molecule has 0 saturated heterocycles. The van der Waals surface area contributed by atoms with Gasteiger partial charge in [-0.15, -0.1) is 0 Å². The largest absolute Gasteiger partial charge is 0.370 e. The lowest BCUT2D eigenvalue weighted by Crippen LogP contribution is -2.40. The van der Waals surface area contributed by atoms with Crippen LogP contribution in [-0.2, 0) is 6.42 Å². The van der Waals surface area contributed by atoms with E-state index in [1.807, 2.05) is 0 Å². The molecule has 3 rings (SSSR count). The monoisotopic (exact) mass is 298 g/mol. The van der Waals surface area contributed by atoms with Crippen LogP contribution in [0.1, 0.15) is 44.1 Å². The molecule has 1 saturated carbocycles. The third kappa shape index (κ3) is 3.81. The van der Waals surface area contributed by atoms with Gasteiger partial charge in [-0.1, -0.05) is 43.9 Å². The maximum Gasteiger partial charge on any atom is 0.188 e. The number of hydrogen-bond acceptors (Lipinski definition) is 1. The normalized spacial score (nSPS) is 17.5. The van der Waals surface area contributed by atoms with Crippen molar-refractivity contribution in [2.45, 2.75) is 51.0 Å². The zero-order valence-electron chi connectivity index (χ0n) is 13.1. The van der Waals surface area contributed by atoms with Crippen LogP contribution >= 0.6 is 0 Å². The van der Waals surface area contributed by atoms with E-state index in [0.717, 1.165) is 13.0 Å². The van der Waals surface area contributed by atoms with E-state index in [0.29, 0.717) is 12.0 Å². The molecule has 0 aliphatic heterocycles. The number of guanidine groups is 1. The summed E-state index contributed by atoms with van der Waals surface area (Å²) in [5.74, 6) is 0.603. The molecule has 1 aromatic carbocycles. The minimum atomic E-state index is 0.513. The summed E-state index contributed by atoms with van der Waals surface area (Å²) in [6.45, 7) is 0.730. The lowest BCUT2D eigenvalue weighted by Gasteiger charge is -2.16. The number of benzene rings is 1. The first-order valence-electron chi connectivity index (χ1n) is 8.44. The minimum Gasteiger partial charge on any atom is -0.370 e. The zero-order valence-corrected chi connectivity index (χ0v) is 13.1. The molecule has 0 radical (unpaired) electrons. The van der Waals surface area contributed by atoms with Gasteiger partial charge >= 0.3 is 0 Å². The van der Waals surface area contributed by atoms with Crippen molar-refractivity contribution in [3.63, 3.8) is 0 Å². The molecule has 4 heteroatoms. The lowest BCUT2D eigenvalue weighted by molar-refractivity contribution is 0.530. The zero-order chi connectivity index (χ0) is 15.2. The number of aromatic amines is 1. The first-order chi connectivity index (χ1) is 10.8. The van der Waals surface area contributed by atoms with Gasteiger partial charge in [0.25, 0.3) is 0 Å². The summed E-state index contributed by atoms with van der Waals surface area (Å²) in [5.41, 5.74) is 8.53. The minimum absolute atomic E-state index is 0.513. The fourth-order valence-electron chi connectivity index (χ4n) is 3.31. The fraction of sp³-hybridized carbons (Fsp3) is 0.500. The third-order valence-electron chi connectivity index (χ3n) is 4.55. The topological polar surface area (TPSA) is 66.2 Å². The second kappa shape index (κ2) is 7.34. The third-order valence-corrected chi connectivity index (χ3v) is 4.55. The van der Waals surface area contributed by atoms with Gasteiger partial charge in [0, 0.05) is 29.7 Å². The summed E-state index contributed by atoms with van der Waals surface area (Å²) in [7, 11) is 0. The van der Waals surface area contributed by atoms with Gasteiger partial charge in [0.15, 0.2) is 5.96 Å². The lowest BCUT2D eigenvalue weighted by atomic mass is 10.1. The Morgan fingerprint density at radius 2 is 1.95 bits per heavy atom. The van der Waals surface area contributed by atoms with Gasteiger partial charge in [0.05, 0.1) is 0 Å². The number of nitrogens with one attached hydrogen (secondary N) is 2. The van der Waals surface area contributed by atoms with E-state index in [4.69, 9.17) is 5.73 Å². The molecule has 1 aliphatic carbocycles. The molecule has 0 atom stereocenters. The van der Waals surface area contributed by atoms with E-state index in [1.54, 1.807) is 0 Å². The van der Waals surface area contributed by atoms with Gasteiger partial charge in [-0.05, 0) is 30.9 Å². The number of nitrogens with zero attached hydrogens (tertiary/aromatic N) is 1. The maximum atomic E-state index is 6.04. The van der Waals surface area contributed by atoms with Gasteiger partial charge in [-0.3, -0.25) is 4.99 Å². The second-order valence-corrected chi connectivity index (χ2v) is 6.21. The van der Waals surface area contributed by atoms with Crippen LogP contribution in [0.3, 0.4) is 0 Å². The van der Waals surface area contributed by atoms with Crippen molar-refractivity contribution < 1.29 is 0 Å². The van der Waals surface area contributed by atoms with Gasteiger partial charge in [-0.2, -0.15) is 0 Å². The Labute approximate surface area is 132 Å². The standard InChI is InChI=1S/C18H26N4/c19-18(22-15-7-3-1-2-4-8-15)20-12-11-14-13-21-17-10-6-5-9-16(14)17/h5-6,9-10,13,15,21H,1-4,7-8,11-12H2,(H3,19,20,22). The molecule has 0 unspecified atom stereocenters. The summed E-state index contributed by atoms with van der Waals surface area (Å²) in [6, 6.07) is 8.89. The molecule has 4 N–H and O–H groups in total. The van der Waals surface area contributed by atoms with Crippen LogP contribution in [0.15, 0.2) is 35.5 Å². The number of fused-ring (bicyclic) bond motifs is 1. The molecule has 1 heterocycles. The molecule has 1 aliphatic rings. The van der Waals surface area contributed by atoms with Crippen molar-refractivity contribution in [3.05, 3.63) is 36.0 Å². The number of aliphatic imine (C=N–C) groups is 1. The first-order valence-corrected chi connectivity index (χ1v) is 8.44. The SMILES string of the molecule is NC(=NCCc1c[nH]c2ccccc12)NC1CCCCCC1. The van der Waals surface area contributed by atoms with E-state index >= 15 is 0 Å². The Balaban J connectivity index is 1.52. The predicted molar refractivity (Wildman–Crippen MR) is 93.1 cm³/mol. The van der Waals surface area contributed by atoms with Crippen molar-refractivity contribution in [2.24, 2.45) is 10.7 Å². The number of hydrogen-bond donors (Lipinski definition) is 3. The Hall–Kier alpha value is -1.97. The summed E-state index contributed by atoms with van der Waals surface area (Å²) in [4.78, 5) is 7.80. The van der Waals surface area contributed by atoms with E-state index < -0.39 is 0 Å². The van der Waals surface area contributed by atoms with E-state index in [9.17, 15) is 0 Å². The molecule has 0 amide bonds. The first kappa shape index (κ1) is 14.9. The van der Waals surface area contributed by atoms with Crippen molar-refractivity contribution in [1.82, 2.24) is 10.3 Å². The summed E-state index contributed by atoms with van der Waals surface area (Å²) >= 11 is 0. The highest BCUT2D eigenvalue weighted by molar-refractivity contribution is 5.83. The van der Waals surface area contributed by atoms with E-state index in [1.165, 1.54) is 55.0 Å². The van der Waals surface area contributed by atoms with Gasteiger partial charge in [-0.25, -0.2) is 0 Å². The van der Waals surface area contributed by atoms with Crippen LogP contribution in [0, 0.1) is 0 Å². The molecule has 118 valence electrons. The molecule has 0 spiro atoms. The van der Waals surface area contributed by atoms with Crippen LogP contribution in [0.2, 0.25) is 0 Å². The molecule has 1 fully saturated rings. The molecular weight excluding hydrogens is 272 g/mol.